The van der Waals surface area contributed by atoms with Crippen molar-refractivity contribution in [3.8, 4) is 10.7 Å². The van der Waals surface area contributed by atoms with Gasteiger partial charge in [0, 0.05) is 18.1 Å². The van der Waals surface area contributed by atoms with Gasteiger partial charge in [-0.3, -0.25) is 4.79 Å². The first-order chi connectivity index (χ1) is 12.8. The van der Waals surface area contributed by atoms with Crippen LogP contribution < -0.4 is 5.32 Å². The second-order valence-corrected chi connectivity index (χ2v) is 6.76. The molecule has 0 fully saturated rings. The number of carbonyl (C=O) groups excluding carboxylic acids is 1. The van der Waals surface area contributed by atoms with Crippen LogP contribution in [0.1, 0.15) is 23.7 Å². The molecular formula is C18H17F3N4OS. The Morgan fingerprint density at radius 2 is 2.00 bits per heavy atom. The lowest BCUT2D eigenvalue weighted by Gasteiger charge is -2.09. The van der Waals surface area contributed by atoms with Crippen LogP contribution in [0.25, 0.3) is 10.7 Å². The highest BCUT2D eigenvalue weighted by atomic mass is 32.1. The number of imidazole rings is 1. The van der Waals surface area contributed by atoms with Gasteiger partial charge in [-0.2, -0.15) is 13.2 Å². The van der Waals surface area contributed by atoms with Crippen LogP contribution in [-0.2, 0) is 30.5 Å². The monoisotopic (exact) mass is 394 g/mol. The Hall–Kier alpha value is -2.68. The van der Waals surface area contributed by atoms with Crippen molar-refractivity contribution in [3.05, 3.63) is 59.0 Å². The predicted molar refractivity (Wildman–Crippen MR) is 96.0 cm³/mol. The van der Waals surface area contributed by atoms with Gasteiger partial charge in [0.2, 0.25) is 5.91 Å². The Morgan fingerprint density at radius 1 is 1.26 bits per heavy atom. The SMILES string of the molecule is CCc1csc(-c2cn(CC(=O)NCc3ccc(C(F)(F)F)cc3)cn2)n1. The van der Waals surface area contributed by atoms with E-state index in [1.807, 2.05) is 12.3 Å². The molecular weight excluding hydrogens is 377 g/mol. The van der Waals surface area contributed by atoms with Gasteiger partial charge >= 0.3 is 6.18 Å². The molecule has 27 heavy (non-hydrogen) atoms. The number of hydrogen-bond donors (Lipinski definition) is 1. The molecule has 5 nitrogen and oxygen atoms in total. The van der Waals surface area contributed by atoms with Gasteiger partial charge in [0.05, 0.1) is 17.6 Å². The number of aryl methyl sites for hydroxylation is 1. The van der Waals surface area contributed by atoms with E-state index in [4.69, 9.17) is 0 Å². The van der Waals surface area contributed by atoms with Crippen LogP contribution in [0, 0.1) is 0 Å². The number of aromatic nitrogens is 3. The summed E-state index contributed by atoms with van der Waals surface area (Å²) < 4.78 is 39.3. The molecule has 0 unspecified atom stereocenters. The summed E-state index contributed by atoms with van der Waals surface area (Å²) in [7, 11) is 0. The normalized spacial score (nSPS) is 11.6. The zero-order valence-corrected chi connectivity index (χ0v) is 15.3. The smallest absolute Gasteiger partial charge is 0.350 e. The quantitative estimate of drug-likeness (QED) is 0.690. The number of nitrogens with zero attached hydrogens (tertiary/aromatic N) is 3. The highest BCUT2D eigenvalue weighted by Gasteiger charge is 2.29. The van der Waals surface area contributed by atoms with Gasteiger partial charge < -0.3 is 9.88 Å². The maximum Gasteiger partial charge on any atom is 0.416 e. The molecule has 0 aliphatic rings. The second-order valence-electron chi connectivity index (χ2n) is 5.90. The van der Waals surface area contributed by atoms with Crippen molar-refractivity contribution in [2.24, 2.45) is 0 Å². The van der Waals surface area contributed by atoms with Crippen molar-refractivity contribution in [2.45, 2.75) is 32.6 Å². The Morgan fingerprint density at radius 3 is 2.63 bits per heavy atom. The minimum absolute atomic E-state index is 0.0691. The summed E-state index contributed by atoms with van der Waals surface area (Å²) in [6, 6.07) is 4.71. The Bertz CT molecular complexity index is 915. The minimum Gasteiger partial charge on any atom is -0.350 e. The molecule has 2 aromatic heterocycles. The molecule has 142 valence electrons. The van der Waals surface area contributed by atoms with Crippen LogP contribution >= 0.6 is 11.3 Å². The average molecular weight is 394 g/mol. The number of amides is 1. The summed E-state index contributed by atoms with van der Waals surface area (Å²) in [6.45, 7) is 2.25. The number of benzene rings is 1. The van der Waals surface area contributed by atoms with E-state index in [1.54, 1.807) is 17.1 Å². The maximum absolute atomic E-state index is 12.5. The summed E-state index contributed by atoms with van der Waals surface area (Å²) in [4.78, 5) is 20.8. The fourth-order valence-electron chi connectivity index (χ4n) is 2.38. The van der Waals surface area contributed by atoms with Crippen LogP contribution in [-0.4, -0.2) is 20.4 Å². The van der Waals surface area contributed by atoms with Crippen molar-refractivity contribution in [2.75, 3.05) is 0 Å². The molecule has 9 heteroatoms. The van der Waals surface area contributed by atoms with Crippen LogP contribution in [0.15, 0.2) is 42.2 Å². The van der Waals surface area contributed by atoms with Crippen molar-refractivity contribution in [1.29, 1.82) is 0 Å². The molecule has 3 rings (SSSR count). The molecule has 0 atom stereocenters. The number of alkyl halides is 3. The second kappa shape index (κ2) is 7.91. The lowest BCUT2D eigenvalue weighted by atomic mass is 10.1. The van der Waals surface area contributed by atoms with Crippen LogP contribution in [0.5, 0.6) is 0 Å². The number of nitrogens with one attached hydrogen (secondary N) is 1. The molecule has 0 aliphatic carbocycles. The largest absolute Gasteiger partial charge is 0.416 e. The molecule has 2 heterocycles. The van der Waals surface area contributed by atoms with Crippen LogP contribution in [0.4, 0.5) is 13.2 Å². The van der Waals surface area contributed by atoms with Gasteiger partial charge in [-0.25, -0.2) is 9.97 Å². The van der Waals surface area contributed by atoms with Crippen molar-refractivity contribution >= 4 is 17.2 Å². The highest BCUT2D eigenvalue weighted by Crippen LogP contribution is 2.29. The summed E-state index contributed by atoms with van der Waals surface area (Å²) in [5.41, 5.74) is 1.59. The van der Waals surface area contributed by atoms with E-state index in [9.17, 15) is 18.0 Å². The summed E-state index contributed by atoms with van der Waals surface area (Å²) in [6.07, 6.45) is -0.212. The Labute approximate surface area is 157 Å². The number of rotatable bonds is 6. The molecule has 3 aromatic rings. The predicted octanol–water partition coefficient (Wildman–Crippen LogP) is 3.90. The number of thiazole rings is 1. The van der Waals surface area contributed by atoms with Crippen molar-refractivity contribution < 1.29 is 18.0 Å². The third-order valence-corrected chi connectivity index (χ3v) is 4.78. The van der Waals surface area contributed by atoms with E-state index in [0.717, 1.165) is 29.3 Å². The number of carbonyl (C=O) groups is 1. The molecule has 0 radical (unpaired) electrons. The molecule has 0 spiro atoms. The first kappa shape index (κ1) is 19.1. The van der Waals surface area contributed by atoms with Crippen LogP contribution in [0.2, 0.25) is 0 Å². The Balaban J connectivity index is 1.54. The average Bonchev–Trinajstić information content (AvgIpc) is 3.28. The zero-order chi connectivity index (χ0) is 19.4. The van der Waals surface area contributed by atoms with E-state index in [2.05, 4.69) is 15.3 Å². The van der Waals surface area contributed by atoms with E-state index >= 15 is 0 Å². The highest BCUT2D eigenvalue weighted by molar-refractivity contribution is 7.13. The number of halogens is 3. The maximum atomic E-state index is 12.5. The molecule has 0 aliphatic heterocycles. The lowest BCUT2D eigenvalue weighted by molar-refractivity contribution is -0.137. The molecule has 0 bridgehead atoms. The summed E-state index contributed by atoms with van der Waals surface area (Å²) in [5, 5.41) is 5.47. The third-order valence-electron chi connectivity index (χ3n) is 3.86. The van der Waals surface area contributed by atoms with E-state index in [-0.39, 0.29) is 19.0 Å². The van der Waals surface area contributed by atoms with Gasteiger partial charge in [-0.15, -0.1) is 11.3 Å². The lowest BCUT2D eigenvalue weighted by Crippen LogP contribution is -2.26. The zero-order valence-electron chi connectivity index (χ0n) is 14.5. The summed E-state index contributed by atoms with van der Waals surface area (Å²) >= 11 is 1.50. The molecule has 1 N–H and O–H groups in total. The number of hydrogen-bond acceptors (Lipinski definition) is 4. The molecule has 0 saturated carbocycles. The standard InChI is InChI=1S/C18H17F3N4OS/c1-2-14-10-27-17(24-14)15-8-25(11-23-15)9-16(26)22-7-12-3-5-13(6-4-12)18(19,20)21/h3-6,8,10-11H,2,7,9H2,1H3,(H,22,26). The third kappa shape index (κ3) is 4.94. The molecule has 0 saturated heterocycles. The summed E-state index contributed by atoms with van der Waals surface area (Å²) in [5.74, 6) is -0.257. The molecule has 1 aromatic carbocycles. The van der Waals surface area contributed by atoms with Gasteiger partial charge in [0.15, 0.2) is 0 Å². The first-order valence-electron chi connectivity index (χ1n) is 8.24. The fourth-order valence-corrected chi connectivity index (χ4v) is 3.24. The van der Waals surface area contributed by atoms with Crippen LogP contribution in [0.3, 0.4) is 0 Å². The van der Waals surface area contributed by atoms with Gasteiger partial charge in [-0.1, -0.05) is 19.1 Å². The first-order valence-corrected chi connectivity index (χ1v) is 9.12. The molecule has 1 amide bonds. The van der Waals surface area contributed by atoms with E-state index < -0.39 is 11.7 Å². The van der Waals surface area contributed by atoms with Gasteiger partial charge in [0.25, 0.3) is 0 Å². The van der Waals surface area contributed by atoms with Gasteiger partial charge in [0.1, 0.15) is 17.2 Å². The van der Waals surface area contributed by atoms with E-state index in [1.165, 1.54) is 23.5 Å². The fraction of sp³-hybridized carbons (Fsp3) is 0.278. The van der Waals surface area contributed by atoms with E-state index in [0.29, 0.717) is 11.3 Å². The van der Waals surface area contributed by atoms with Crippen molar-refractivity contribution in [1.82, 2.24) is 19.9 Å². The van der Waals surface area contributed by atoms with Gasteiger partial charge in [-0.05, 0) is 24.1 Å². The Kier molecular flexibility index (Phi) is 5.59. The van der Waals surface area contributed by atoms with Crippen molar-refractivity contribution in [3.63, 3.8) is 0 Å². The minimum atomic E-state index is -4.36. The topological polar surface area (TPSA) is 59.8 Å².